The smallest absolute Gasteiger partial charge is 0.265 e. The summed E-state index contributed by atoms with van der Waals surface area (Å²) in [7, 11) is 18.6. The number of H-pyrrole nitrogens is 1. The molecule has 1 N–H and O–H groups in total. The summed E-state index contributed by atoms with van der Waals surface area (Å²) in [5.74, 6) is 4.83. The molecule has 0 amide bonds. The molecular formula is C57H52N4O13. The molecule has 1 aliphatic rings. The summed E-state index contributed by atoms with van der Waals surface area (Å²) in [6, 6.07) is 22.5. The van der Waals surface area contributed by atoms with Gasteiger partial charge in [-0.25, -0.2) is 4.98 Å². The molecule has 4 aromatic carbocycles. The van der Waals surface area contributed by atoms with Gasteiger partial charge in [0, 0.05) is 44.9 Å². The van der Waals surface area contributed by atoms with Gasteiger partial charge in [0.15, 0.2) is 46.0 Å². The Bertz CT molecular complexity index is 3780. The van der Waals surface area contributed by atoms with Gasteiger partial charge in [0.2, 0.25) is 23.0 Å². The molecule has 378 valence electrons. The van der Waals surface area contributed by atoms with E-state index in [0.717, 1.165) is 0 Å². The highest BCUT2D eigenvalue weighted by molar-refractivity contribution is 6.15. The van der Waals surface area contributed by atoms with Gasteiger partial charge in [0.25, 0.3) is 5.56 Å². The number of nitrogens with zero attached hydrogens (tertiary/aromatic N) is 3. The molecule has 17 nitrogen and oxygen atoms in total. The van der Waals surface area contributed by atoms with E-state index in [1.807, 2.05) is 84.9 Å². The van der Waals surface area contributed by atoms with Gasteiger partial charge in [-0.3, -0.25) is 14.2 Å². The van der Waals surface area contributed by atoms with Crippen LogP contribution < -0.4 is 62.4 Å². The number of benzene rings is 4. The average molecular weight is 1000 g/mol. The van der Waals surface area contributed by atoms with Crippen molar-refractivity contribution >= 4 is 50.5 Å². The van der Waals surface area contributed by atoms with E-state index in [1.54, 1.807) is 95.9 Å². The molecular weight excluding hydrogens is 949 g/mol. The number of hydrogen-bond acceptors (Lipinski definition) is 15. The summed E-state index contributed by atoms with van der Waals surface area (Å²) in [5.41, 5.74) is 8.41. The largest absolute Gasteiger partial charge is 0.493 e. The van der Waals surface area contributed by atoms with Crippen molar-refractivity contribution in [1.82, 2.24) is 19.4 Å². The van der Waals surface area contributed by atoms with Gasteiger partial charge in [-0.15, -0.1) is 0 Å². The molecule has 17 heteroatoms. The predicted octanol–water partition coefficient (Wildman–Crippen LogP) is 10.7. The Morgan fingerprint density at radius 2 is 0.743 bits per heavy atom. The molecule has 6 bridgehead atoms. The van der Waals surface area contributed by atoms with Crippen LogP contribution in [0.15, 0.2) is 83.8 Å². The van der Waals surface area contributed by atoms with E-state index in [1.165, 1.54) is 0 Å². The highest BCUT2D eigenvalue weighted by Crippen LogP contribution is 2.50. The number of pyridine rings is 1. The van der Waals surface area contributed by atoms with E-state index in [9.17, 15) is 0 Å². The average Bonchev–Trinajstić information content (AvgIpc) is 4.29. The van der Waals surface area contributed by atoms with Gasteiger partial charge in [0.1, 0.15) is 0 Å². The van der Waals surface area contributed by atoms with Gasteiger partial charge in [-0.2, -0.15) is 0 Å². The van der Waals surface area contributed by atoms with E-state index in [0.29, 0.717) is 163 Å². The van der Waals surface area contributed by atoms with Gasteiger partial charge in [-0.05, 0) is 107 Å². The topological polar surface area (TPSA) is 174 Å². The van der Waals surface area contributed by atoms with Crippen molar-refractivity contribution in [2.45, 2.75) is 0 Å². The molecule has 6 heterocycles. The molecule has 10 rings (SSSR count). The SMILES string of the molecule is COc1cc(-c2c3nc(c(-c4cc(OC)c(OC)c(OC)c4)c4ccc5c(-c6cc(OC)c(OC)c(OC)c6)c6ncc(c(-c7cc(OC)c(OC)c(OC)c7)c7ccc2[nH]7)c6c(=O)n45)C=C3)cc(OC)c1OC. The lowest BCUT2D eigenvalue weighted by atomic mass is 9.98. The Morgan fingerprint density at radius 3 is 1.14 bits per heavy atom. The molecule has 74 heavy (non-hydrogen) atoms. The lowest BCUT2D eigenvalue weighted by molar-refractivity contribution is 0.324. The van der Waals surface area contributed by atoms with Crippen molar-refractivity contribution in [3.8, 4) is 114 Å². The zero-order chi connectivity index (χ0) is 52.1. The van der Waals surface area contributed by atoms with Crippen LogP contribution in [0.1, 0.15) is 11.4 Å². The van der Waals surface area contributed by atoms with Gasteiger partial charge < -0.3 is 61.8 Å². The first-order valence-electron chi connectivity index (χ1n) is 23.0. The molecule has 0 atom stereocenters. The van der Waals surface area contributed by atoms with Crippen LogP contribution in [0, 0.1) is 0 Å². The Balaban J connectivity index is 1.51. The summed E-state index contributed by atoms with van der Waals surface area (Å²) in [6.07, 6.45) is 5.57. The van der Waals surface area contributed by atoms with E-state index in [-0.39, 0.29) is 5.56 Å². The third-order valence-electron chi connectivity index (χ3n) is 13.3. The zero-order valence-electron chi connectivity index (χ0n) is 42.8. The Labute approximate surface area is 424 Å². The summed E-state index contributed by atoms with van der Waals surface area (Å²) < 4.78 is 72.2. The fourth-order valence-corrected chi connectivity index (χ4v) is 10.1. The molecule has 0 radical (unpaired) electrons. The molecule has 5 aromatic heterocycles. The number of rotatable bonds is 16. The van der Waals surface area contributed by atoms with E-state index < -0.39 is 0 Å². The minimum absolute atomic E-state index is 0.296. The highest BCUT2D eigenvalue weighted by atomic mass is 16.5. The summed E-state index contributed by atoms with van der Waals surface area (Å²) in [4.78, 5) is 30.5. The molecule has 0 unspecified atom stereocenters. The molecule has 0 fully saturated rings. The van der Waals surface area contributed by atoms with Gasteiger partial charge >= 0.3 is 0 Å². The number of aromatic nitrogens is 4. The number of ether oxygens (including phenoxy) is 12. The monoisotopic (exact) mass is 1000 g/mol. The molecule has 0 spiro atoms. The molecule has 0 saturated carbocycles. The van der Waals surface area contributed by atoms with Crippen molar-refractivity contribution in [3.05, 3.63) is 101 Å². The van der Waals surface area contributed by atoms with E-state index in [2.05, 4.69) is 4.98 Å². The number of methoxy groups -OCH3 is 12. The summed E-state index contributed by atoms with van der Waals surface area (Å²) >= 11 is 0. The van der Waals surface area contributed by atoms with Crippen molar-refractivity contribution in [2.24, 2.45) is 0 Å². The Kier molecular flexibility index (Phi) is 12.7. The van der Waals surface area contributed by atoms with Crippen LogP contribution in [0.4, 0.5) is 0 Å². The number of hydrogen-bond donors (Lipinski definition) is 1. The third-order valence-corrected chi connectivity index (χ3v) is 13.3. The maximum atomic E-state index is 16.2. The summed E-state index contributed by atoms with van der Waals surface area (Å²) in [5, 5.41) is 0.791. The van der Waals surface area contributed by atoms with Crippen LogP contribution in [-0.2, 0) is 0 Å². The zero-order valence-corrected chi connectivity index (χ0v) is 42.8. The lowest BCUT2D eigenvalue weighted by Gasteiger charge is -2.16. The standard InChI is InChI=1S/C57H52N4O13/c1-63-39-19-28(20-40(64-2)53(39)71-9)47-32-27-58-52-50(31-25-45(69-7)56(74-12)46(26-31)70-8)38-18-17-37(61(38)57(62)51(32)52)49(30-23-43(67-5)55(73-11)44(24-30)68-6)36-16-15-35(60-36)48(34-14-13-33(47)59-34)29-21-41(65-3)54(72-10)42(22-29)66-4/h13-27,59H,1-12H3. The number of fused-ring (bicyclic) bond motifs is 4. The van der Waals surface area contributed by atoms with Crippen LogP contribution in [-0.4, -0.2) is 105 Å². The molecule has 1 aliphatic heterocycles. The fourth-order valence-electron chi connectivity index (χ4n) is 10.1. The van der Waals surface area contributed by atoms with Gasteiger partial charge in [-0.1, -0.05) is 0 Å². The Morgan fingerprint density at radius 1 is 0.405 bits per heavy atom. The second-order valence-electron chi connectivity index (χ2n) is 16.8. The normalized spacial score (nSPS) is 11.5. The number of aromatic amines is 1. The first-order valence-corrected chi connectivity index (χ1v) is 23.0. The van der Waals surface area contributed by atoms with E-state index in [4.69, 9.17) is 66.8 Å². The van der Waals surface area contributed by atoms with Crippen LogP contribution in [0.25, 0.3) is 95.0 Å². The predicted molar refractivity (Wildman–Crippen MR) is 284 cm³/mol. The lowest BCUT2D eigenvalue weighted by Crippen LogP contribution is -2.14. The van der Waals surface area contributed by atoms with Crippen molar-refractivity contribution in [2.75, 3.05) is 85.3 Å². The van der Waals surface area contributed by atoms with Crippen molar-refractivity contribution in [3.63, 3.8) is 0 Å². The first kappa shape index (κ1) is 48.4. The maximum absolute atomic E-state index is 16.2. The second kappa shape index (κ2) is 19.4. The number of nitrogens with one attached hydrogen (secondary N) is 1. The maximum Gasteiger partial charge on any atom is 0.265 e. The van der Waals surface area contributed by atoms with Crippen LogP contribution in [0.3, 0.4) is 0 Å². The van der Waals surface area contributed by atoms with Crippen LogP contribution >= 0.6 is 0 Å². The molecule has 9 aromatic rings. The molecule has 0 aliphatic carbocycles. The fraction of sp³-hybridized carbons (Fsp3) is 0.211. The Hall–Kier alpha value is -9.25. The van der Waals surface area contributed by atoms with Crippen molar-refractivity contribution < 1.29 is 56.8 Å². The van der Waals surface area contributed by atoms with Crippen molar-refractivity contribution in [1.29, 1.82) is 0 Å². The first-order chi connectivity index (χ1) is 36.1. The van der Waals surface area contributed by atoms with Crippen LogP contribution in [0.5, 0.6) is 69.0 Å². The molecule has 0 saturated heterocycles. The van der Waals surface area contributed by atoms with Gasteiger partial charge in [0.05, 0.1) is 119 Å². The third kappa shape index (κ3) is 7.49. The second-order valence-corrected chi connectivity index (χ2v) is 16.8. The minimum Gasteiger partial charge on any atom is -0.493 e. The highest BCUT2D eigenvalue weighted by Gasteiger charge is 2.28. The summed E-state index contributed by atoms with van der Waals surface area (Å²) in [6.45, 7) is 0. The minimum atomic E-state index is -0.367. The van der Waals surface area contributed by atoms with Crippen LogP contribution in [0.2, 0.25) is 0 Å². The quantitative estimate of drug-likeness (QED) is 0.0967. The van der Waals surface area contributed by atoms with E-state index >= 15 is 4.79 Å².